The SMILES string of the molecule is CC[C@H]1OC(=O)[C@H](C)[C@@H](O[C@H]2C[C@@](C)(OC)[C@@H](O)[C@H](C)O2)[C@H](C)[C@@H](O[C@@H]2O[C@H](C)C[C@H](N(C)C)[C@H]2O)[C@](C)(O)C[C@@H](C)CN(CCC(=O)N[C@H](C)c2cccc3ccccc23)[C@H](C)[C@@H](O)[C@]1(C)O. The lowest BCUT2D eigenvalue weighted by Gasteiger charge is -2.48. The quantitative estimate of drug-likeness (QED) is 0.160. The van der Waals surface area contributed by atoms with Crippen LogP contribution in [0.2, 0.25) is 0 Å². The van der Waals surface area contributed by atoms with Crippen molar-refractivity contribution in [2.24, 2.45) is 17.8 Å². The molecule has 3 aliphatic rings. The number of likely N-dealkylation sites (N-methyl/N-ethyl adjacent to an activating group) is 1. The van der Waals surface area contributed by atoms with Crippen LogP contribution >= 0.6 is 0 Å². The van der Waals surface area contributed by atoms with Crippen molar-refractivity contribution in [2.45, 2.75) is 205 Å². The van der Waals surface area contributed by atoms with E-state index in [1.165, 1.54) is 14.0 Å². The molecule has 68 heavy (non-hydrogen) atoms. The van der Waals surface area contributed by atoms with Crippen LogP contribution in [0.5, 0.6) is 0 Å². The number of cyclic esters (lactones) is 1. The third kappa shape index (κ3) is 12.8. The number of ether oxygens (including phenoxy) is 6. The molecule has 0 aliphatic carbocycles. The van der Waals surface area contributed by atoms with Crippen molar-refractivity contribution in [3.8, 4) is 0 Å². The first-order valence-corrected chi connectivity index (χ1v) is 24.8. The van der Waals surface area contributed by atoms with Gasteiger partial charge in [0.2, 0.25) is 5.91 Å². The number of carbonyl (C=O) groups is 2. The fraction of sp³-hybridized carbons (Fsp3) is 0.769. The molecule has 0 radical (unpaired) electrons. The summed E-state index contributed by atoms with van der Waals surface area (Å²) in [5.74, 6) is -3.17. The number of nitrogens with zero attached hydrogens (tertiary/aromatic N) is 2. The maximum absolute atomic E-state index is 14.6. The number of aliphatic hydroxyl groups excluding tert-OH is 3. The molecule has 6 N–H and O–H groups in total. The lowest BCUT2D eigenvalue weighted by atomic mass is 9.77. The molecule has 0 bridgehead atoms. The highest BCUT2D eigenvalue weighted by Gasteiger charge is 2.53. The number of hydrogen-bond donors (Lipinski definition) is 6. The number of nitrogens with one attached hydrogen (secondary N) is 1. The summed E-state index contributed by atoms with van der Waals surface area (Å²) in [4.78, 5) is 32.2. The van der Waals surface area contributed by atoms with Crippen LogP contribution in [0.15, 0.2) is 42.5 Å². The average molecular weight is 960 g/mol. The van der Waals surface area contributed by atoms with E-state index in [4.69, 9.17) is 28.4 Å². The molecule has 0 spiro atoms. The molecule has 0 aromatic heterocycles. The number of aliphatic hydroxyl groups is 5. The van der Waals surface area contributed by atoms with Crippen molar-refractivity contribution in [3.05, 3.63) is 48.0 Å². The molecule has 16 nitrogen and oxygen atoms in total. The number of benzene rings is 2. The highest BCUT2D eigenvalue weighted by molar-refractivity contribution is 5.87. The number of amides is 1. The van der Waals surface area contributed by atoms with Gasteiger partial charge in [-0.05, 0) is 111 Å². The number of methoxy groups -OCH3 is 1. The first-order valence-electron chi connectivity index (χ1n) is 24.8. The monoisotopic (exact) mass is 960 g/mol. The van der Waals surface area contributed by atoms with Crippen molar-refractivity contribution in [1.82, 2.24) is 15.1 Å². The van der Waals surface area contributed by atoms with E-state index in [0.29, 0.717) is 6.42 Å². The summed E-state index contributed by atoms with van der Waals surface area (Å²) in [6.45, 7) is 19.8. The van der Waals surface area contributed by atoms with E-state index >= 15 is 0 Å². The van der Waals surface area contributed by atoms with Gasteiger partial charge in [0.25, 0.3) is 0 Å². The van der Waals surface area contributed by atoms with E-state index in [0.717, 1.165) is 16.3 Å². The third-order valence-electron chi connectivity index (χ3n) is 15.3. The highest BCUT2D eigenvalue weighted by atomic mass is 16.7. The van der Waals surface area contributed by atoms with E-state index in [1.807, 2.05) is 87.1 Å². The molecular weight excluding hydrogens is 875 g/mol. The molecule has 0 unspecified atom stereocenters. The Labute approximate surface area is 404 Å². The van der Waals surface area contributed by atoms with Crippen molar-refractivity contribution in [3.63, 3.8) is 0 Å². The average Bonchev–Trinajstić information content (AvgIpc) is 3.28. The molecule has 3 fully saturated rings. The van der Waals surface area contributed by atoms with Gasteiger partial charge in [-0.1, -0.05) is 63.2 Å². The zero-order valence-electron chi connectivity index (χ0n) is 43.1. The van der Waals surface area contributed by atoms with Gasteiger partial charge in [0.1, 0.15) is 30.0 Å². The lowest BCUT2D eigenvalue weighted by molar-refractivity contribution is -0.318. The van der Waals surface area contributed by atoms with Gasteiger partial charge >= 0.3 is 5.97 Å². The molecule has 5 rings (SSSR count). The molecule has 3 heterocycles. The van der Waals surface area contributed by atoms with Crippen LogP contribution < -0.4 is 5.32 Å². The smallest absolute Gasteiger partial charge is 0.311 e. The predicted molar refractivity (Wildman–Crippen MR) is 258 cm³/mol. The van der Waals surface area contributed by atoms with E-state index in [-0.39, 0.29) is 68.8 Å². The maximum Gasteiger partial charge on any atom is 0.311 e. The second kappa shape index (κ2) is 23.1. The first kappa shape index (κ1) is 56.1. The summed E-state index contributed by atoms with van der Waals surface area (Å²) in [7, 11) is 5.25. The molecule has 16 heteroatoms. The second-order valence-electron chi connectivity index (χ2n) is 21.3. The summed E-state index contributed by atoms with van der Waals surface area (Å²) < 4.78 is 38.1. The van der Waals surface area contributed by atoms with Crippen LogP contribution in [-0.2, 0) is 38.0 Å². The summed E-state index contributed by atoms with van der Waals surface area (Å²) in [6.07, 6.45) is -9.18. The van der Waals surface area contributed by atoms with E-state index in [2.05, 4.69) is 5.32 Å². The summed E-state index contributed by atoms with van der Waals surface area (Å²) in [5, 5.41) is 65.4. The summed E-state index contributed by atoms with van der Waals surface area (Å²) >= 11 is 0. The molecule has 2 aromatic carbocycles. The predicted octanol–water partition coefficient (Wildman–Crippen LogP) is 4.69. The Balaban J connectivity index is 1.53. The molecular formula is C52H85N3O13. The fourth-order valence-electron chi connectivity index (χ4n) is 11.2. The molecule has 3 aliphatic heterocycles. The topological polar surface area (TPSA) is 209 Å². The Morgan fingerprint density at radius 2 is 1.60 bits per heavy atom. The lowest BCUT2D eigenvalue weighted by Crippen LogP contribution is -2.60. The zero-order valence-corrected chi connectivity index (χ0v) is 43.1. The Morgan fingerprint density at radius 3 is 2.25 bits per heavy atom. The summed E-state index contributed by atoms with van der Waals surface area (Å²) in [6, 6.07) is 12.6. The molecule has 386 valence electrons. The zero-order chi connectivity index (χ0) is 50.6. The van der Waals surface area contributed by atoms with Crippen LogP contribution in [0.1, 0.15) is 120 Å². The van der Waals surface area contributed by atoms with Gasteiger partial charge in [0.05, 0.1) is 47.6 Å². The van der Waals surface area contributed by atoms with Crippen LogP contribution in [0.25, 0.3) is 10.8 Å². The Kier molecular flexibility index (Phi) is 19.1. The molecule has 0 saturated carbocycles. The van der Waals surface area contributed by atoms with Gasteiger partial charge in [0.15, 0.2) is 12.6 Å². The van der Waals surface area contributed by atoms with E-state index in [9.17, 15) is 35.1 Å². The molecule has 1 amide bonds. The third-order valence-corrected chi connectivity index (χ3v) is 15.3. The van der Waals surface area contributed by atoms with Crippen LogP contribution in [-0.4, -0.2) is 172 Å². The highest BCUT2D eigenvalue weighted by Crippen LogP contribution is 2.40. The van der Waals surface area contributed by atoms with Crippen LogP contribution in [0, 0.1) is 17.8 Å². The number of hydrogen-bond acceptors (Lipinski definition) is 15. The minimum atomic E-state index is -1.96. The number of rotatable bonds is 12. The number of fused-ring (bicyclic) bond motifs is 1. The largest absolute Gasteiger partial charge is 0.459 e. The molecule has 19 atom stereocenters. The van der Waals surface area contributed by atoms with Crippen molar-refractivity contribution >= 4 is 22.6 Å². The minimum Gasteiger partial charge on any atom is -0.459 e. The minimum absolute atomic E-state index is 0.0616. The van der Waals surface area contributed by atoms with Crippen molar-refractivity contribution in [2.75, 3.05) is 34.3 Å². The first-order chi connectivity index (χ1) is 31.8. The second-order valence-corrected chi connectivity index (χ2v) is 21.3. The Morgan fingerprint density at radius 1 is 0.941 bits per heavy atom. The standard InChI is InChI=1S/C52H85N3O13/c1-15-40-52(11,62)45(58)34(7)55(24-23-41(56)53-33(6)37-22-18-20-36-19-16-17-21-38(36)37)28-29(2)26-50(9,61)47(68-49-43(57)39(54(12)13)25-30(3)64-49)31(4)44(32(5)48(60)66-40)67-42-27-51(10,63-14)46(59)35(8)65-42/h16-22,29-35,39-40,42-47,49,57-59,61-62H,15,23-28H2,1-14H3,(H,53,56)/t29-,30-,31+,32-,33-,34-,35+,39+,40-,42+,43-,44+,45-,46+,47-,49+,50-,51-,52-/m1/s1. The van der Waals surface area contributed by atoms with Gasteiger partial charge < -0.3 is 64.2 Å². The number of esters is 1. The van der Waals surface area contributed by atoms with E-state index in [1.54, 1.807) is 48.5 Å². The van der Waals surface area contributed by atoms with Gasteiger partial charge in [-0.3, -0.25) is 14.5 Å². The van der Waals surface area contributed by atoms with Crippen molar-refractivity contribution < 1.29 is 63.5 Å². The van der Waals surface area contributed by atoms with Gasteiger partial charge in [-0.2, -0.15) is 0 Å². The van der Waals surface area contributed by atoms with Gasteiger partial charge in [0, 0.05) is 51.0 Å². The normalized spacial score (nSPS) is 41.1. The van der Waals surface area contributed by atoms with Crippen molar-refractivity contribution in [1.29, 1.82) is 0 Å². The Hall–Kier alpha value is -2.84. The van der Waals surface area contributed by atoms with Crippen LogP contribution in [0.3, 0.4) is 0 Å². The molecule has 3 saturated heterocycles. The van der Waals surface area contributed by atoms with E-state index < -0.39 is 96.0 Å². The van der Waals surface area contributed by atoms with Gasteiger partial charge in [-0.15, -0.1) is 0 Å². The fourth-order valence-corrected chi connectivity index (χ4v) is 11.2. The van der Waals surface area contributed by atoms with Gasteiger partial charge in [-0.25, -0.2) is 0 Å². The Bertz CT molecular complexity index is 1950. The molecule has 2 aromatic rings. The summed E-state index contributed by atoms with van der Waals surface area (Å²) in [5.41, 5.74) is -3.72. The maximum atomic E-state index is 14.6. The van der Waals surface area contributed by atoms with Crippen LogP contribution in [0.4, 0.5) is 0 Å². The number of carbonyl (C=O) groups excluding carboxylic acids is 2.